The molecule has 0 radical (unpaired) electrons. The lowest BCUT2D eigenvalue weighted by molar-refractivity contribution is -0.274. The number of rotatable bonds is 3. The first-order chi connectivity index (χ1) is 9.33. The van der Waals surface area contributed by atoms with Crippen molar-refractivity contribution in [2.75, 3.05) is 5.32 Å². The summed E-state index contributed by atoms with van der Waals surface area (Å²) in [6.45, 7) is 1.68. The van der Waals surface area contributed by atoms with E-state index in [4.69, 9.17) is 4.42 Å². The van der Waals surface area contributed by atoms with Gasteiger partial charge in [-0.2, -0.15) is 0 Å². The number of halogens is 3. The van der Waals surface area contributed by atoms with E-state index < -0.39 is 18.0 Å². The second-order valence-electron chi connectivity index (χ2n) is 3.94. The first kappa shape index (κ1) is 14.0. The predicted octanol–water partition coefficient (Wildman–Crippen LogP) is 3.74. The van der Waals surface area contributed by atoms with Crippen molar-refractivity contribution in [2.24, 2.45) is 0 Å². The molecule has 2 rings (SSSR count). The van der Waals surface area contributed by atoms with Crippen LogP contribution in [0.2, 0.25) is 0 Å². The summed E-state index contributed by atoms with van der Waals surface area (Å²) >= 11 is 0. The molecule has 0 aliphatic carbocycles. The fourth-order valence-electron chi connectivity index (χ4n) is 1.52. The SMILES string of the molecule is Cc1ccc(C(=O)Nc2cccc(OC(F)(F)F)c2)o1. The van der Waals surface area contributed by atoms with Gasteiger partial charge in [0.15, 0.2) is 5.76 Å². The predicted molar refractivity (Wildman–Crippen MR) is 64.5 cm³/mol. The quantitative estimate of drug-likeness (QED) is 0.934. The van der Waals surface area contributed by atoms with Crippen molar-refractivity contribution in [1.29, 1.82) is 0 Å². The minimum absolute atomic E-state index is 0.0737. The highest BCUT2D eigenvalue weighted by atomic mass is 19.4. The van der Waals surface area contributed by atoms with Crippen LogP contribution < -0.4 is 10.1 Å². The van der Waals surface area contributed by atoms with Gasteiger partial charge in [-0.05, 0) is 31.2 Å². The van der Waals surface area contributed by atoms with Crippen molar-refractivity contribution in [3.63, 3.8) is 0 Å². The summed E-state index contributed by atoms with van der Waals surface area (Å²) < 4.78 is 45.1. The van der Waals surface area contributed by atoms with E-state index in [1.165, 1.54) is 18.2 Å². The Hall–Kier alpha value is -2.44. The molecule has 1 N–H and O–H groups in total. The first-order valence-corrected chi connectivity index (χ1v) is 5.57. The van der Waals surface area contributed by atoms with Crippen LogP contribution in [0, 0.1) is 6.92 Å². The number of furan rings is 1. The Morgan fingerprint density at radius 3 is 2.60 bits per heavy atom. The average molecular weight is 285 g/mol. The third kappa shape index (κ3) is 3.78. The molecule has 0 saturated carbocycles. The van der Waals surface area contributed by atoms with Gasteiger partial charge < -0.3 is 14.5 Å². The molecule has 0 bridgehead atoms. The molecule has 0 atom stereocenters. The largest absolute Gasteiger partial charge is 0.573 e. The number of carbonyl (C=O) groups is 1. The van der Waals surface area contributed by atoms with Gasteiger partial charge in [0.25, 0.3) is 5.91 Å². The van der Waals surface area contributed by atoms with Crippen LogP contribution in [0.25, 0.3) is 0 Å². The maximum absolute atomic E-state index is 12.1. The Labute approximate surface area is 112 Å². The Morgan fingerprint density at radius 1 is 1.25 bits per heavy atom. The molecule has 1 amide bonds. The van der Waals surface area contributed by atoms with Crippen molar-refractivity contribution in [2.45, 2.75) is 13.3 Å². The Morgan fingerprint density at radius 2 is 2.00 bits per heavy atom. The first-order valence-electron chi connectivity index (χ1n) is 5.57. The molecular formula is C13H10F3NO3. The molecule has 1 aromatic carbocycles. The topological polar surface area (TPSA) is 51.5 Å². The number of ether oxygens (including phenoxy) is 1. The lowest BCUT2D eigenvalue weighted by atomic mass is 10.3. The molecule has 0 saturated heterocycles. The van der Waals surface area contributed by atoms with Crippen LogP contribution >= 0.6 is 0 Å². The van der Waals surface area contributed by atoms with E-state index in [-0.39, 0.29) is 11.4 Å². The van der Waals surface area contributed by atoms with Crippen LogP contribution in [0.3, 0.4) is 0 Å². The molecule has 2 aromatic rings. The summed E-state index contributed by atoms with van der Waals surface area (Å²) in [5.74, 6) is -0.331. The lowest BCUT2D eigenvalue weighted by Gasteiger charge is -2.10. The third-order valence-electron chi connectivity index (χ3n) is 2.29. The van der Waals surface area contributed by atoms with Crippen LogP contribution in [0.15, 0.2) is 40.8 Å². The fourth-order valence-corrected chi connectivity index (χ4v) is 1.52. The van der Waals surface area contributed by atoms with Gasteiger partial charge in [-0.25, -0.2) is 0 Å². The van der Waals surface area contributed by atoms with E-state index >= 15 is 0 Å². The Balaban J connectivity index is 2.10. The van der Waals surface area contributed by atoms with Crippen molar-refractivity contribution < 1.29 is 27.1 Å². The number of hydrogen-bond acceptors (Lipinski definition) is 3. The third-order valence-corrected chi connectivity index (χ3v) is 2.29. The van der Waals surface area contributed by atoms with E-state index in [1.54, 1.807) is 13.0 Å². The standard InChI is InChI=1S/C13H10F3NO3/c1-8-5-6-11(19-8)12(18)17-9-3-2-4-10(7-9)20-13(14,15)16/h2-7H,1H3,(H,17,18). The van der Waals surface area contributed by atoms with E-state index in [0.29, 0.717) is 5.76 Å². The summed E-state index contributed by atoms with van der Waals surface area (Å²) in [7, 11) is 0. The molecule has 4 nitrogen and oxygen atoms in total. The second kappa shape index (κ2) is 5.28. The highest BCUT2D eigenvalue weighted by molar-refractivity contribution is 6.02. The second-order valence-corrected chi connectivity index (χ2v) is 3.94. The van der Waals surface area contributed by atoms with E-state index in [1.807, 2.05) is 0 Å². The number of carbonyl (C=O) groups excluding carboxylic acids is 1. The zero-order chi connectivity index (χ0) is 14.8. The van der Waals surface area contributed by atoms with Crippen molar-refractivity contribution >= 4 is 11.6 Å². The van der Waals surface area contributed by atoms with Gasteiger partial charge in [0.1, 0.15) is 11.5 Å². The smallest absolute Gasteiger partial charge is 0.456 e. The average Bonchev–Trinajstić information content (AvgIpc) is 2.74. The molecule has 106 valence electrons. The van der Waals surface area contributed by atoms with E-state index in [0.717, 1.165) is 12.1 Å². The van der Waals surface area contributed by atoms with Gasteiger partial charge >= 0.3 is 6.36 Å². The van der Waals surface area contributed by atoms with Crippen LogP contribution in [0.5, 0.6) is 5.75 Å². The summed E-state index contributed by atoms with van der Waals surface area (Å²) in [6, 6.07) is 8.07. The number of nitrogens with one attached hydrogen (secondary N) is 1. The maximum Gasteiger partial charge on any atom is 0.573 e. The highest BCUT2D eigenvalue weighted by Gasteiger charge is 2.31. The van der Waals surface area contributed by atoms with Gasteiger partial charge in [0, 0.05) is 11.8 Å². The van der Waals surface area contributed by atoms with Gasteiger partial charge in [0.05, 0.1) is 0 Å². The molecule has 20 heavy (non-hydrogen) atoms. The van der Waals surface area contributed by atoms with Crippen molar-refractivity contribution in [1.82, 2.24) is 0 Å². The zero-order valence-electron chi connectivity index (χ0n) is 10.3. The fraction of sp³-hybridized carbons (Fsp3) is 0.154. The Bertz CT molecular complexity index is 619. The summed E-state index contributed by atoms with van der Waals surface area (Å²) in [4.78, 5) is 11.8. The van der Waals surface area contributed by atoms with Gasteiger partial charge in [-0.15, -0.1) is 13.2 Å². The number of amides is 1. The number of aryl methyl sites for hydroxylation is 1. The molecule has 0 aliphatic heterocycles. The maximum atomic E-state index is 12.1. The number of anilines is 1. The number of alkyl halides is 3. The molecule has 0 fully saturated rings. The van der Waals surface area contributed by atoms with Crippen molar-refractivity contribution in [3.8, 4) is 5.75 Å². The normalized spacial score (nSPS) is 11.2. The zero-order valence-corrected chi connectivity index (χ0v) is 10.3. The van der Waals surface area contributed by atoms with Gasteiger partial charge in [0.2, 0.25) is 0 Å². The van der Waals surface area contributed by atoms with Crippen LogP contribution in [0.4, 0.5) is 18.9 Å². The molecule has 0 unspecified atom stereocenters. The summed E-state index contributed by atoms with van der Waals surface area (Å²) in [6.07, 6.45) is -4.78. The molecule has 1 heterocycles. The Kier molecular flexibility index (Phi) is 3.69. The molecule has 1 aromatic heterocycles. The van der Waals surface area contributed by atoms with Gasteiger partial charge in [-0.3, -0.25) is 4.79 Å². The lowest BCUT2D eigenvalue weighted by Crippen LogP contribution is -2.17. The number of benzene rings is 1. The van der Waals surface area contributed by atoms with E-state index in [9.17, 15) is 18.0 Å². The highest BCUT2D eigenvalue weighted by Crippen LogP contribution is 2.25. The van der Waals surface area contributed by atoms with Gasteiger partial charge in [-0.1, -0.05) is 6.07 Å². The molecular weight excluding hydrogens is 275 g/mol. The molecule has 0 aliphatic rings. The molecule has 7 heteroatoms. The summed E-state index contributed by atoms with van der Waals surface area (Å²) in [5, 5.41) is 2.42. The van der Waals surface area contributed by atoms with Crippen LogP contribution in [0.1, 0.15) is 16.3 Å². The van der Waals surface area contributed by atoms with Crippen LogP contribution in [-0.2, 0) is 0 Å². The van der Waals surface area contributed by atoms with E-state index in [2.05, 4.69) is 10.1 Å². The summed E-state index contributed by atoms with van der Waals surface area (Å²) in [5.41, 5.74) is 0.172. The van der Waals surface area contributed by atoms with Crippen LogP contribution in [-0.4, -0.2) is 12.3 Å². The minimum atomic E-state index is -4.78. The minimum Gasteiger partial charge on any atom is -0.456 e. The number of hydrogen-bond donors (Lipinski definition) is 1. The molecule has 0 spiro atoms. The monoisotopic (exact) mass is 285 g/mol. The van der Waals surface area contributed by atoms with Crippen molar-refractivity contribution in [3.05, 3.63) is 47.9 Å².